The van der Waals surface area contributed by atoms with Gasteiger partial charge in [0, 0.05) is 37.6 Å². The minimum Gasteiger partial charge on any atom is -0.478 e. The van der Waals surface area contributed by atoms with Gasteiger partial charge in [0.1, 0.15) is 28.2 Å². The molecule has 0 bridgehead atoms. The Morgan fingerprint density at radius 1 is 1.29 bits per heavy atom. The number of hydrogen-bond donors (Lipinski definition) is 2. The number of halogens is 4. The van der Waals surface area contributed by atoms with E-state index in [-0.39, 0.29) is 41.1 Å². The van der Waals surface area contributed by atoms with E-state index in [1.165, 1.54) is 24.5 Å². The van der Waals surface area contributed by atoms with Crippen LogP contribution >= 0.6 is 0 Å². The second-order valence-electron chi connectivity index (χ2n) is 8.32. The number of aryl methyl sites for hydroxylation is 1. The van der Waals surface area contributed by atoms with E-state index < -0.39 is 18.5 Å². The molecule has 4 heterocycles. The Balaban J connectivity index is 1.50. The highest BCUT2D eigenvalue weighted by Crippen LogP contribution is 2.32. The molecule has 13 heteroatoms. The van der Waals surface area contributed by atoms with Crippen LogP contribution < -0.4 is 4.74 Å². The predicted molar refractivity (Wildman–Crippen MR) is 117 cm³/mol. The van der Waals surface area contributed by atoms with Crippen LogP contribution in [0.3, 0.4) is 0 Å². The number of fused-ring (bicyclic) bond motifs is 2. The maximum Gasteiger partial charge on any atom is 0.387 e. The zero-order valence-electron chi connectivity index (χ0n) is 18.2. The highest BCUT2D eigenvalue weighted by molar-refractivity contribution is 6.01. The monoisotopic (exact) mass is 492 g/mol. The molecule has 0 aliphatic carbocycles. The number of aromatic nitrogens is 5. The molecule has 0 amide bonds. The number of H-pyrrole nitrogens is 1. The summed E-state index contributed by atoms with van der Waals surface area (Å²) in [6.07, 6.45) is 3.06. The van der Waals surface area contributed by atoms with Crippen molar-refractivity contribution in [2.45, 2.75) is 31.9 Å². The molecule has 1 saturated heterocycles. The van der Waals surface area contributed by atoms with Gasteiger partial charge in [-0.25, -0.2) is 23.5 Å². The standard InChI is InChI=1S/C22H20F4N6O3/c23-21(24)35-12-2-3-16-13(8-12)17(15-10-28-19-18(29-15)14(9-27-19)20(33)34)30-32(16)6-1-5-31-7-4-22(25,26)11-31/h2-3,8-10,21H,1,4-7,11H2,(H,27,28)(H,33,34). The van der Waals surface area contributed by atoms with Crippen LogP contribution in [0.4, 0.5) is 17.6 Å². The molecule has 1 aromatic carbocycles. The van der Waals surface area contributed by atoms with E-state index in [4.69, 9.17) is 0 Å². The maximum atomic E-state index is 13.5. The first-order valence-corrected chi connectivity index (χ1v) is 10.8. The highest BCUT2D eigenvalue weighted by Gasteiger charge is 2.37. The van der Waals surface area contributed by atoms with E-state index in [9.17, 15) is 27.5 Å². The second kappa shape index (κ2) is 8.80. The molecule has 1 fully saturated rings. The predicted octanol–water partition coefficient (Wildman–Crippen LogP) is 4.01. The first-order valence-electron chi connectivity index (χ1n) is 10.8. The van der Waals surface area contributed by atoms with Crippen molar-refractivity contribution in [2.24, 2.45) is 0 Å². The van der Waals surface area contributed by atoms with Crippen molar-refractivity contribution in [1.82, 2.24) is 29.6 Å². The van der Waals surface area contributed by atoms with Crippen molar-refractivity contribution in [3.8, 4) is 17.1 Å². The molecule has 0 unspecified atom stereocenters. The molecule has 35 heavy (non-hydrogen) atoms. The van der Waals surface area contributed by atoms with E-state index in [0.29, 0.717) is 42.7 Å². The van der Waals surface area contributed by atoms with E-state index in [2.05, 4.69) is 24.8 Å². The van der Waals surface area contributed by atoms with Crippen molar-refractivity contribution in [2.75, 3.05) is 19.6 Å². The Kier molecular flexibility index (Phi) is 5.79. The van der Waals surface area contributed by atoms with Crippen molar-refractivity contribution < 1.29 is 32.2 Å². The number of nitrogens with zero attached hydrogens (tertiary/aromatic N) is 5. The Bertz CT molecular complexity index is 1400. The lowest BCUT2D eigenvalue weighted by molar-refractivity contribution is -0.0497. The fraction of sp³-hybridized carbons (Fsp3) is 0.364. The Labute approximate surface area is 195 Å². The van der Waals surface area contributed by atoms with Crippen LogP contribution in [0.15, 0.2) is 30.6 Å². The number of alkyl halides is 4. The summed E-state index contributed by atoms with van der Waals surface area (Å²) in [7, 11) is 0. The van der Waals surface area contributed by atoms with Gasteiger partial charge in [-0.15, -0.1) is 0 Å². The Morgan fingerprint density at radius 2 is 2.11 bits per heavy atom. The minimum absolute atomic E-state index is 0.0674. The zero-order valence-corrected chi connectivity index (χ0v) is 18.2. The Morgan fingerprint density at radius 3 is 2.83 bits per heavy atom. The van der Waals surface area contributed by atoms with Gasteiger partial charge in [0.25, 0.3) is 5.92 Å². The van der Waals surface area contributed by atoms with Crippen LogP contribution in [0.1, 0.15) is 23.2 Å². The van der Waals surface area contributed by atoms with E-state index >= 15 is 0 Å². The SMILES string of the molecule is O=C(O)c1c[nH]c2ncc(-c3nn(CCCN4CCC(F)(F)C4)c4ccc(OC(F)F)cc34)nc12. The number of aromatic amines is 1. The fourth-order valence-corrected chi connectivity index (χ4v) is 4.30. The third-order valence-corrected chi connectivity index (χ3v) is 5.89. The Hall–Kier alpha value is -3.74. The van der Waals surface area contributed by atoms with E-state index in [1.54, 1.807) is 15.6 Å². The average molecular weight is 492 g/mol. The summed E-state index contributed by atoms with van der Waals surface area (Å²) in [4.78, 5) is 24.6. The van der Waals surface area contributed by atoms with Gasteiger partial charge in [-0.05, 0) is 24.6 Å². The van der Waals surface area contributed by atoms with Gasteiger partial charge >= 0.3 is 12.6 Å². The number of carboxylic acids is 1. The number of nitrogens with one attached hydrogen (secondary N) is 1. The number of benzene rings is 1. The van der Waals surface area contributed by atoms with Crippen LogP contribution in [-0.2, 0) is 6.54 Å². The van der Waals surface area contributed by atoms with Crippen molar-refractivity contribution in [1.29, 1.82) is 0 Å². The molecule has 4 aromatic rings. The summed E-state index contributed by atoms with van der Waals surface area (Å²) >= 11 is 0. The number of likely N-dealkylation sites (tertiary alicyclic amines) is 1. The molecule has 3 aromatic heterocycles. The number of hydrogen-bond acceptors (Lipinski definition) is 6. The van der Waals surface area contributed by atoms with Gasteiger partial charge in [-0.1, -0.05) is 0 Å². The first kappa shape index (κ1) is 23.0. The topological polar surface area (TPSA) is 109 Å². The quantitative estimate of drug-likeness (QED) is 0.358. The molecular weight excluding hydrogens is 472 g/mol. The first-order chi connectivity index (χ1) is 16.7. The van der Waals surface area contributed by atoms with Gasteiger partial charge in [0.15, 0.2) is 5.65 Å². The van der Waals surface area contributed by atoms with Gasteiger partial charge in [0.2, 0.25) is 0 Å². The van der Waals surface area contributed by atoms with E-state index in [0.717, 1.165) is 0 Å². The third kappa shape index (κ3) is 4.63. The normalized spacial score (nSPS) is 16.0. The largest absolute Gasteiger partial charge is 0.478 e. The van der Waals surface area contributed by atoms with Crippen LogP contribution in [0, 0.1) is 0 Å². The van der Waals surface area contributed by atoms with Crippen molar-refractivity contribution >= 4 is 28.0 Å². The summed E-state index contributed by atoms with van der Waals surface area (Å²) in [5.41, 5.74) is 1.49. The highest BCUT2D eigenvalue weighted by atomic mass is 19.3. The summed E-state index contributed by atoms with van der Waals surface area (Å²) in [6.45, 7) is -2.13. The van der Waals surface area contributed by atoms with E-state index in [1.807, 2.05) is 0 Å². The lowest BCUT2D eigenvalue weighted by Crippen LogP contribution is -2.26. The molecule has 0 radical (unpaired) electrons. The third-order valence-electron chi connectivity index (χ3n) is 5.89. The fourth-order valence-electron chi connectivity index (χ4n) is 4.30. The lowest BCUT2D eigenvalue weighted by Gasteiger charge is -2.15. The average Bonchev–Trinajstić information content (AvgIpc) is 3.47. The van der Waals surface area contributed by atoms with Gasteiger partial charge < -0.3 is 14.8 Å². The molecule has 0 spiro atoms. The van der Waals surface area contributed by atoms with Crippen LogP contribution in [0.5, 0.6) is 5.75 Å². The number of carboxylic acid groups (broad SMARTS) is 1. The van der Waals surface area contributed by atoms with Crippen molar-refractivity contribution in [3.05, 3.63) is 36.2 Å². The molecule has 5 rings (SSSR count). The number of aromatic carboxylic acids is 1. The lowest BCUT2D eigenvalue weighted by atomic mass is 10.1. The van der Waals surface area contributed by atoms with Crippen LogP contribution in [0.2, 0.25) is 0 Å². The zero-order chi connectivity index (χ0) is 24.7. The molecule has 9 nitrogen and oxygen atoms in total. The molecule has 1 aliphatic rings. The van der Waals surface area contributed by atoms with Gasteiger partial charge in [-0.3, -0.25) is 9.58 Å². The number of carbonyl (C=O) groups is 1. The number of rotatable bonds is 8. The maximum absolute atomic E-state index is 13.5. The summed E-state index contributed by atoms with van der Waals surface area (Å²) < 4.78 is 58.7. The summed E-state index contributed by atoms with van der Waals surface area (Å²) in [5.74, 6) is -3.93. The van der Waals surface area contributed by atoms with Gasteiger partial charge in [0.05, 0.1) is 18.3 Å². The smallest absolute Gasteiger partial charge is 0.387 e. The molecule has 0 saturated carbocycles. The molecule has 184 valence electrons. The molecule has 1 aliphatic heterocycles. The van der Waals surface area contributed by atoms with Gasteiger partial charge in [-0.2, -0.15) is 13.9 Å². The molecular formula is C22H20F4N6O3. The number of ether oxygens (including phenoxy) is 1. The summed E-state index contributed by atoms with van der Waals surface area (Å²) in [5, 5.41) is 14.4. The second-order valence-corrected chi connectivity index (χ2v) is 8.32. The molecule has 0 atom stereocenters. The van der Waals surface area contributed by atoms with Crippen LogP contribution in [0.25, 0.3) is 33.5 Å². The van der Waals surface area contributed by atoms with Crippen LogP contribution in [-0.4, -0.2) is 72.9 Å². The summed E-state index contributed by atoms with van der Waals surface area (Å²) in [6, 6.07) is 4.38. The molecule has 2 N–H and O–H groups in total. The van der Waals surface area contributed by atoms with Crippen molar-refractivity contribution in [3.63, 3.8) is 0 Å². The minimum atomic E-state index is -3.02.